The summed E-state index contributed by atoms with van der Waals surface area (Å²) < 4.78 is 0. The Balaban J connectivity index is 2.12. The highest BCUT2D eigenvalue weighted by atomic mass is 14.9. The molecule has 82 valence electrons. The maximum atomic E-state index is 6.39. The van der Waals surface area contributed by atoms with Crippen molar-refractivity contribution in [2.45, 2.75) is 24.8 Å². The summed E-state index contributed by atoms with van der Waals surface area (Å²) in [5.74, 6) is 0.910. The van der Waals surface area contributed by atoms with Crippen LogP contribution in [0.25, 0.3) is 11.4 Å². The number of hydrogen-bond acceptors (Lipinski definition) is 2. The molecule has 0 amide bonds. The molecule has 0 radical (unpaired) electrons. The van der Waals surface area contributed by atoms with E-state index in [1.54, 1.807) is 6.20 Å². The van der Waals surface area contributed by atoms with Crippen molar-refractivity contribution in [1.29, 1.82) is 0 Å². The third-order valence-electron chi connectivity index (χ3n) is 3.46. The number of nitrogens with two attached hydrogens (primary N) is 1. The Kier molecular flexibility index (Phi) is 2.07. The Morgan fingerprint density at radius 2 is 2.06 bits per heavy atom. The molecule has 3 heteroatoms. The molecular formula is C13H15N3. The van der Waals surface area contributed by atoms with Crippen LogP contribution in [0.15, 0.2) is 36.7 Å². The topological polar surface area (TPSA) is 54.7 Å². The summed E-state index contributed by atoms with van der Waals surface area (Å²) in [4.78, 5) is 7.46. The van der Waals surface area contributed by atoms with Crippen LogP contribution in [-0.4, -0.2) is 9.97 Å². The molecule has 0 bridgehead atoms. The first-order valence-corrected chi connectivity index (χ1v) is 5.68. The molecule has 2 aromatic rings. The number of aromatic nitrogens is 2. The molecule has 1 aromatic heterocycles. The highest BCUT2D eigenvalue weighted by Crippen LogP contribution is 2.42. The maximum Gasteiger partial charge on any atom is 0.137 e. The molecule has 1 saturated carbocycles. The van der Waals surface area contributed by atoms with Crippen molar-refractivity contribution in [3.63, 3.8) is 0 Å². The van der Waals surface area contributed by atoms with Crippen LogP contribution >= 0.6 is 0 Å². The highest BCUT2D eigenvalue weighted by Gasteiger charge is 2.36. The van der Waals surface area contributed by atoms with Crippen molar-refractivity contribution in [2.24, 2.45) is 5.73 Å². The fourth-order valence-corrected chi connectivity index (χ4v) is 2.36. The van der Waals surface area contributed by atoms with E-state index in [0.717, 1.165) is 24.2 Å². The molecule has 3 rings (SSSR count). The molecule has 3 nitrogen and oxygen atoms in total. The number of imidazole rings is 1. The van der Waals surface area contributed by atoms with E-state index in [1.807, 2.05) is 12.3 Å². The molecule has 0 unspecified atom stereocenters. The zero-order valence-electron chi connectivity index (χ0n) is 9.11. The Morgan fingerprint density at radius 3 is 2.69 bits per heavy atom. The van der Waals surface area contributed by atoms with E-state index in [4.69, 9.17) is 5.73 Å². The van der Waals surface area contributed by atoms with E-state index in [0.29, 0.717) is 0 Å². The molecule has 1 fully saturated rings. The lowest BCUT2D eigenvalue weighted by Gasteiger charge is -2.39. The van der Waals surface area contributed by atoms with Gasteiger partial charge in [0, 0.05) is 23.5 Å². The summed E-state index contributed by atoms with van der Waals surface area (Å²) in [5.41, 5.74) is 8.61. The van der Waals surface area contributed by atoms with E-state index >= 15 is 0 Å². The zero-order valence-corrected chi connectivity index (χ0v) is 9.11. The fourth-order valence-electron chi connectivity index (χ4n) is 2.36. The van der Waals surface area contributed by atoms with Gasteiger partial charge in [-0.05, 0) is 24.8 Å². The Bertz CT molecular complexity index is 484. The van der Waals surface area contributed by atoms with Gasteiger partial charge in [-0.25, -0.2) is 4.98 Å². The number of nitrogens with one attached hydrogen (secondary N) is 1. The first-order valence-electron chi connectivity index (χ1n) is 5.68. The second kappa shape index (κ2) is 3.46. The lowest BCUT2D eigenvalue weighted by molar-refractivity contribution is 0.254. The monoisotopic (exact) mass is 213 g/mol. The molecule has 1 aromatic carbocycles. The van der Waals surface area contributed by atoms with Gasteiger partial charge in [0.25, 0.3) is 0 Å². The van der Waals surface area contributed by atoms with Crippen molar-refractivity contribution in [1.82, 2.24) is 9.97 Å². The molecule has 0 aliphatic heterocycles. The second-order valence-electron chi connectivity index (χ2n) is 4.49. The van der Waals surface area contributed by atoms with Gasteiger partial charge in [0.1, 0.15) is 5.82 Å². The molecule has 1 heterocycles. The molecule has 0 saturated heterocycles. The van der Waals surface area contributed by atoms with Crippen LogP contribution in [0.5, 0.6) is 0 Å². The average molecular weight is 213 g/mol. The standard InChI is InChI=1S/C13H15N3/c14-13(6-3-7-13)11-5-2-1-4-10(11)12-15-8-9-16-12/h1-2,4-5,8-9H,3,6-7,14H2,(H,15,16). The van der Waals surface area contributed by atoms with Gasteiger partial charge in [-0.2, -0.15) is 0 Å². The third kappa shape index (κ3) is 1.36. The smallest absolute Gasteiger partial charge is 0.137 e. The largest absolute Gasteiger partial charge is 0.345 e. The minimum atomic E-state index is -0.136. The second-order valence-corrected chi connectivity index (χ2v) is 4.49. The fraction of sp³-hybridized carbons (Fsp3) is 0.308. The number of rotatable bonds is 2. The van der Waals surface area contributed by atoms with E-state index in [1.165, 1.54) is 12.0 Å². The molecular weight excluding hydrogens is 198 g/mol. The predicted molar refractivity (Wildman–Crippen MR) is 63.7 cm³/mol. The minimum Gasteiger partial charge on any atom is -0.345 e. The Labute approximate surface area is 94.7 Å². The highest BCUT2D eigenvalue weighted by molar-refractivity contribution is 5.62. The molecule has 16 heavy (non-hydrogen) atoms. The predicted octanol–water partition coefficient (Wildman–Crippen LogP) is 2.41. The normalized spacial score (nSPS) is 18.1. The minimum absolute atomic E-state index is 0.136. The first kappa shape index (κ1) is 9.60. The maximum absolute atomic E-state index is 6.39. The van der Waals surface area contributed by atoms with Crippen molar-refractivity contribution < 1.29 is 0 Å². The van der Waals surface area contributed by atoms with Crippen molar-refractivity contribution in [2.75, 3.05) is 0 Å². The van der Waals surface area contributed by atoms with Gasteiger partial charge in [0.15, 0.2) is 0 Å². The summed E-state index contributed by atoms with van der Waals surface area (Å²) >= 11 is 0. The molecule has 0 spiro atoms. The van der Waals surface area contributed by atoms with Crippen LogP contribution in [0.3, 0.4) is 0 Å². The number of benzene rings is 1. The van der Waals surface area contributed by atoms with Gasteiger partial charge in [0.05, 0.1) is 0 Å². The summed E-state index contributed by atoms with van der Waals surface area (Å²) in [5, 5.41) is 0. The number of nitrogens with zero attached hydrogens (tertiary/aromatic N) is 1. The van der Waals surface area contributed by atoms with Gasteiger partial charge < -0.3 is 10.7 Å². The van der Waals surface area contributed by atoms with E-state index < -0.39 is 0 Å². The summed E-state index contributed by atoms with van der Waals surface area (Å²) in [6.45, 7) is 0. The summed E-state index contributed by atoms with van der Waals surface area (Å²) in [6, 6.07) is 8.29. The van der Waals surface area contributed by atoms with E-state index in [-0.39, 0.29) is 5.54 Å². The van der Waals surface area contributed by atoms with Crippen LogP contribution in [-0.2, 0) is 5.54 Å². The SMILES string of the molecule is NC1(c2ccccc2-c2ncc[nH]2)CCC1. The number of aromatic amines is 1. The number of H-pyrrole nitrogens is 1. The third-order valence-corrected chi connectivity index (χ3v) is 3.46. The van der Waals surface area contributed by atoms with Crippen LogP contribution in [0, 0.1) is 0 Å². The summed E-state index contributed by atoms with van der Waals surface area (Å²) in [6.07, 6.45) is 6.99. The quantitative estimate of drug-likeness (QED) is 0.805. The van der Waals surface area contributed by atoms with Crippen molar-refractivity contribution in [3.05, 3.63) is 42.2 Å². The summed E-state index contributed by atoms with van der Waals surface area (Å²) in [7, 11) is 0. The Morgan fingerprint density at radius 1 is 1.25 bits per heavy atom. The van der Waals surface area contributed by atoms with Gasteiger partial charge in [-0.3, -0.25) is 0 Å². The average Bonchev–Trinajstić information content (AvgIpc) is 2.79. The molecule has 3 N–H and O–H groups in total. The van der Waals surface area contributed by atoms with Crippen LogP contribution in [0.2, 0.25) is 0 Å². The van der Waals surface area contributed by atoms with Gasteiger partial charge in [-0.15, -0.1) is 0 Å². The molecule has 1 aliphatic carbocycles. The Hall–Kier alpha value is -1.61. The lowest BCUT2D eigenvalue weighted by Crippen LogP contribution is -2.43. The molecule has 1 aliphatic rings. The number of hydrogen-bond donors (Lipinski definition) is 2. The van der Waals surface area contributed by atoms with Gasteiger partial charge in [0.2, 0.25) is 0 Å². The van der Waals surface area contributed by atoms with Gasteiger partial charge >= 0.3 is 0 Å². The van der Waals surface area contributed by atoms with Crippen molar-refractivity contribution >= 4 is 0 Å². The van der Waals surface area contributed by atoms with Crippen LogP contribution in [0.1, 0.15) is 24.8 Å². The van der Waals surface area contributed by atoms with E-state index in [2.05, 4.69) is 28.2 Å². The van der Waals surface area contributed by atoms with Gasteiger partial charge in [-0.1, -0.05) is 24.3 Å². The van der Waals surface area contributed by atoms with Crippen LogP contribution < -0.4 is 5.73 Å². The molecule has 0 atom stereocenters. The van der Waals surface area contributed by atoms with E-state index in [9.17, 15) is 0 Å². The van der Waals surface area contributed by atoms with Crippen molar-refractivity contribution in [3.8, 4) is 11.4 Å². The lowest BCUT2D eigenvalue weighted by atomic mass is 9.71. The first-order chi connectivity index (χ1) is 7.80. The van der Waals surface area contributed by atoms with Crippen LogP contribution in [0.4, 0.5) is 0 Å². The zero-order chi connectivity index (χ0) is 11.0.